The summed E-state index contributed by atoms with van der Waals surface area (Å²) in [4.78, 5) is 24.1. The SMILES string of the molecule is CN1CCN(C(=O)Cn2cc(Nc3nc4c(N5C[C@H]6CC[C@@H](C5)[C@H]6OCc5cnn(C)c5)cccn4n3)cn2)CC1. The van der Waals surface area contributed by atoms with Crippen molar-refractivity contribution in [1.82, 2.24) is 44.0 Å². The number of hydrogen-bond acceptors (Lipinski definition) is 9. The van der Waals surface area contributed by atoms with Gasteiger partial charge in [-0.3, -0.25) is 14.2 Å². The van der Waals surface area contributed by atoms with Crippen molar-refractivity contribution < 1.29 is 9.53 Å². The molecule has 6 heterocycles. The van der Waals surface area contributed by atoms with Crippen LogP contribution in [0.3, 0.4) is 0 Å². The van der Waals surface area contributed by atoms with Crippen LogP contribution < -0.4 is 10.2 Å². The number of amides is 1. The van der Waals surface area contributed by atoms with Gasteiger partial charge in [-0.25, -0.2) is 4.52 Å². The van der Waals surface area contributed by atoms with Crippen molar-refractivity contribution in [3.8, 4) is 0 Å². The van der Waals surface area contributed by atoms with Crippen LogP contribution >= 0.6 is 0 Å². The third-order valence-corrected chi connectivity index (χ3v) is 8.67. The molecule has 3 atom stereocenters. The van der Waals surface area contributed by atoms with Gasteiger partial charge in [-0.05, 0) is 32.0 Å². The van der Waals surface area contributed by atoms with E-state index in [-0.39, 0.29) is 18.6 Å². The van der Waals surface area contributed by atoms with E-state index in [2.05, 4.69) is 43.5 Å². The number of piperazine rings is 1. The minimum absolute atomic E-state index is 0.0865. The minimum atomic E-state index is 0.0865. The van der Waals surface area contributed by atoms with Crippen molar-refractivity contribution in [2.75, 3.05) is 56.5 Å². The molecule has 1 saturated carbocycles. The first kappa shape index (κ1) is 26.0. The summed E-state index contributed by atoms with van der Waals surface area (Å²) < 4.78 is 11.7. The fourth-order valence-electron chi connectivity index (χ4n) is 6.51. The Hall–Kier alpha value is -3.97. The Balaban J connectivity index is 1.00. The highest BCUT2D eigenvalue weighted by atomic mass is 16.5. The summed E-state index contributed by atoms with van der Waals surface area (Å²) in [5, 5.41) is 16.6. The molecule has 0 spiro atoms. The third-order valence-electron chi connectivity index (χ3n) is 8.67. The number of piperidine rings is 1. The lowest BCUT2D eigenvalue weighted by molar-refractivity contribution is -0.133. The molecule has 41 heavy (non-hydrogen) atoms. The van der Waals surface area contributed by atoms with Gasteiger partial charge in [-0.1, -0.05) is 0 Å². The van der Waals surface area contributed by atoms with Crippen LogP contribution in [0.5, 0.6) is 0 Å². The zero-order valence-electron chi connectivity index (χ0n) is 23.6. The predicted molar refractivity (Wildman–Crippen MR) is 153 cm³/mol. The van der Waals surface area contributed by atoms with Gasteiger partial charge in [0, 0.05) is 82.3 Å². The van der Waals surface area contributed by atoms with Crippen LogP contribution in [0.15, 0.2) is 43.1 Å². The normalized spacial score (nSPS) is 23.0. The van der Waals surface area contributed by atoms with Crippen LogP contribution in [0.25, 0.3) is 5.65 Å². The molecule has 1 aliphatic carbocycles. The highest BCUT2D eigenvalue weighted by Gasteiger charge is 2.43. The van der Waals surface area contributed by atoms with Crippen molar-refractivity contribution in [3.63, 3.8) is 0 Å². The second kappa shape index (κ2) is 10.8. The number of nitrogens with zero attached hydrogens (tertiary/aromatic N) is 10. The maximum Gasteiger partial charge on any atom is 0.247 e. The van der Waals surface area contributed by atoms with Gasteiger partial charge in [-0.2, -0.15) is 15.2 Å². The molecule has 4 aromatic heterocycles. The first-order valence-electron chi connectivity index (χ1n) is 14.4. The van der Waals surface area contributed by atoms with Crippen LogP contribution in [-0.4, -0.2) is 102 Å². The van der Waals surface area contributed by atoms with Crippen molar-refractivity contribution in [1.29, 1.82) is 0 Å². The average molecular weight is 560 g/mol. The molecule has 2 bridgehead atoms. The summed E-state index contributed by atoms with van der Waals surface area (Å²) in [6.07, 6.45) is 12.0. The molecule has 1 N–H and O–H groups in total. The number of ether oxygens (including phenoxy) is 1. The van der Waals surface area contributed by atoms with Crippen molar-refractivity contribution in [2.24, 2.45) is 18.9 Å². The minimum Gasteiger partial charge on any atom is -0.373 e. The first-order chi connectivity index (χ1) is 20.0. The predicted octanol–water partition coefficient (Wildman–Crippen LogP) is 1.61. The van der Waals surface area contributed by atoms with Crippen molar-refractivity contribution in [2.45, 2.75) is 32.1 Å². The van der Waals surface area contributed by atoms with Gasteiger partial charge < -0.3 is 24.8 Å². The van der Waals surface area contributed by atoms with Crippen molar-refractivity contribution >= 4 is 28.9 Å². The zero-order valence-corrected chi connectivity index (χ0v) is 23.6. The van der Waals surface area contributed by atoms with Crippen LogP contribution in [0.2, 0.25) is 0 Å². The molecule has 0 radical (unpaired) electrons. The molecular weight excluding hydrogens is 522 g/mol. The number of anilines is 3. The van der Waals surface area contributed by atoms with Crippen LogP contribution in [0, 0.1) is 11.8 Å². The summed E-state index contributed by atoms with van der Waals surface area (Å²) in [6, 6.07) is 4.15. The third kappa shape index (κ3) is 5.38. The summed E-state index contributed by atoms with van der Waals surface area (Å²) >= 11 is 0. The number of fused-ring (bicyclic) bond motifs is 3. The van der Waals surface area contributed by atoms with Crippen LogP contribution in [-0.2, 0) is 29.7 Å². The van der Waals surface area contributed by atoms with Gasteiger partial charge in [0.25, 0.3) is 0 Å². The first-order valence-corrected chi connectivity index (χ1v) is 14.4. The molecule has 3 aliphatic rings. The molecule has 2 saturated heterocycles. The highest BCUT2D eigenvalue weighted by molar-refractivity contribution is 5.76. The van der Waals surface area contributed by atoms with E-state index in [0.717, 1.165) is 61.9 Å². The quantitative estimate of drug-likeness (QED) is 0.344. The number of carbonyl (C=O) groups excluding carboxylic acids is 1. The van der Waals surface area contributed by atoms with E-state index in [0.29, 0.717) is 24.4 Å². The van der Waals surface area contributed by atoms with Crippen LogP contribution in [0.1, 0.15) is 18.4 Å². The molecule has 4 aromatic rings. The van der Waals surface area contributed by atoms with Gasteiger partial charge in [0.15, 0.2) is 5.65 Å². The van der Waals surface area contributed by atoms with E-state index >= 15 is 0 Å². The van der Waals surface area contributed by atoms with E-state index in [1.54, 1.807) is 10.9 Å². The Bertz CT molecular complexity index is 1500. The number of hydrogen-bond donors (Lipinski definition) is 1. The highest BCUT2D eigenvalue weighted by Crippen LogP contribution is 2.41. The molecule has 3 fully saturated rings. The Kier molecular flexibility index (Phi) is 6.83. The maximum atomic E-state index is 12.7. The van der Waals surface area contributed by atoms with E-state index < -0.39 is 0 Å². The largest absolute Gasteiger partial charge is 0.373 e. The summed E-state index contributed by atoms with van der Waals surface area (Å²) in [5.74, 6) is 1.57. The standard InChI is InChI=1S/C28H37N11O2/c1-34-8-10-36(11-9-34)25(40)18-38-17-23(13-30-38)31-28-32-27-24(4-3-7-39(27)33-28)37-15-21-5-6-22(16-37)26(21)41-19-20-12-29-35(2)14-20/h3-4,7,12-14,17,21-22,26H,5-6,8-11,15-16,18-19H2,1-2H3,(H,31,33)/t21-,22+,26+. The topological polar surface area (TPSA) is 114 Å². The maximum absolute atomic E-state index is 12.7. The number of carbonyl (C=O) groups is 1. The molecule has 2 aliphatic heterocycles. The van der Waals surface area contributed by atoms with E-state index in [9.17, 15) is 4.79 Å². The fraction of sp³-hybridized carbons (Fsp3) is 0.536. The lowest BCUT2D eigenvalue weighted by Crippen LogP contribution is -2.48. The summed E-state index contributed by atoms with van der Waals surface area (Å²) in [7, 11) is 4.01. The molecule has 13 nitrogen and oxygen atoms in total. The Labute approximate surface area is 238 Å². The number of nitrogens with one attached hydrogen (secondary N) is 1. The molecule has 0 aromatic carbocycles. The smallest absolute Gasteiger partial charge is 0.247 e. The number of rotatable bonds is 8. The monoisotopic (exact) mass is 559 g/mol. The summed E-state index contributed by atoms with van der Waals surface area (Å²) in [6.45, 7) is 6.03. The second-order valence-electron chi connectivity index (χ2n) is 11.6. The number of aromatic nitrogens is 7. The van der Waals surface area contributed by atoms with E-state index in [1.165, 1.54) is 12.8 Å². The number of pyridine rings is 1. The molecular formula is C28H37N11O2. The Morgan fingerprint density at radius 1 is 1.05 bits per heavy atom. The summed E-state index contributed by atoms with van der Waals surface area (Å²) in [5.41, 5.74) is 3.78. The van der Waals surface area contributed by atoms with Gasteiger partial charge in [-0.15, -0.1) is 5.10 Å². The molecule has 0 unspecified atom stereocenters. The van der Waals surface area contributed by atoms with Gasteiger partial charge >= 0.3 is 0 Å². The van der Waals surface area contributed by atoms with Gasteiger partial charge in [0.05, 0.1) is 36.5 Å². The van der Waals surface area contributed by atoms with E-state index in [4.69, 9.17) is 9.72 Å². The molecule has 13 heteroatoms. The lowest BCUT2D eigenvalue weighted by atomic mass is 9.94. The van der Waals surface area contributed by atoms with Gasteiger partial charge in [0.2, 0.25) is 11.9 Å². The molecule has 7 rings (SSSR count). The Morgan fingerprint density at radius 3 is 2.61 bits per heavy atom. The van der Waals surface area contributed by atoms with E-state index in [1.807, 2.05) is 52.0 Å². The zero-order chi connectivity index (χ0) is 27.9. The fourth-order valence-corrected chi connectivity index (χ4v) is 6.51. The van der Waals surface area contributed by atoms with Crippen LogP contribution in [0.4, 0.5) is 17.3 Å². The Morgan fingerprint density at radius 2 is 1.85 bits per heavy atom. The number of aryl methyl sites for hydroxylation is 1. The van der Waals surface area contributed by atoms with Crippen molar-refractivity contribution in [3.05, 3.63) is 48.7 Å². The lowest BCUT2D eigenvalue weighted by Gasteiger charge is -2.39. The second-order valence-corrected chi connectivity index (χ2v) is 11.6. The average Bonchev–Trinajstić information content (AvgIpc) is 3.74. The molecule has 216 valence electrons. The van der Waals surface area contributed by atoms with Gasteiger partial charge in [0.1, 0.15) is 6.54 Å². The number of likely N-dealkylation sites (N-methyl/N-ethyl adjacent to an activating group) is 1. The molecule has 1 amide bonds.